The molecule has 2 heterocycles. The van der Waals surface area contributed by atoms with Gasteiger partial charge in [-0.15, -0.1) is 0 Å². The maximum atomic E-state index is 5.94. The number of rotatable bonds is 7. The van der Waals surface area contributed by atoms with Crippen LogP contribution in [0.25, 0.3) is 0 Å². The lowest BCUT2D eigenvalue weighted by molar-refractivity contribution is 0.161. The first-order valence-corrected chi connectivity index (χ1v) is 8.62. The fourth-order valence-electron chi connectivity index (χ4n) is 3.22. The number of nitrogens with zero attached hydrogens (tertiary/aromatic N) is 1. The van der Waals surface area contributed by atoms with Gasteiger partial charge in [0.15, 0.2) is 0 Å². The molecule has 0 amide bonds. The van der Waals surface area contributed by atoms with Crippen LogP contribution in [0.2, 0.25) is 0 Å². The molecule has 0 atom stereocenters. The number of hydrogen-bond acceptors (Lipinski definition) is 3. The molecule has 1 saturated heterocycles. The molecule has 1 aliphatic heterocycles. The molecule has 0 aliphatic carbocycles. The Morgan fingerprint density at radius 3 is 2.67 bits per heavy atom. The summed E-state index contributed by atoms with van der Waals surface area (Å²) in [5.74, 6) is 3.15. The normalized spacial score (nSPS) is 17.8. The second-order valence-corrected chi connectivity index (χ2v) is 6.84. The Hall–Kier alpha value is -0.800. The van der Waals surface area contributed by atoms with E-state index in [9.17, 15) is 0 Å². The number of likely N-dealkylation sites (tertiary alicyclic amines) is 1. The van der Waals surface area contributed by atoms with Gasteiger partial charge in [0.05, 0.1) is 6.54 Å². The molecule has 0 bridgehead atoms. The Morgan fingerprint density at radius 2 is 2.05 bits per heavy atom. The standard InChI is InChI=1S/C18H32N2O/c1-5-6-16-7-9-20(10-8-16)13-18-11-17(15(4)21-18)12-19-14(2)3/h11,14,16,19H,5-10,12-13H2,1-4H3. The van der Waals surface area contributed by atoms with Crippen molar-refractivity contribution in [2.45, 2.75) is 72.5 Å². The van der Waals surface area contributed by atoms with Gasteiger partial charge in [-0.05, 0) is 44.8 Å². The van der Waals surface area contributed by atoms with Crippen LogP contribution < -0.4 is 5.32 Å². The van der Waals surface area contributed by atoms with Crippen LogP contribution in [0.1, 0.15) is 63.5 Å². The fourth-order valence-corrected chi connectivity index (χ4v) is 3.22. The smallest absolute Gasteiger partial charge is 0.118 e. The molecular formula is C18H32N2O. The molecule has 1 aromatic rings. The third kappa shape index (κ3) is 5.15. The van der Waals surface area contributed by atoms with Crippen molar-refractivity contribution in [3.8, 4) is 0 Å². The van der Waals surface area contributed by atoms with Crippen molar-refractivity contribution in [1.29, 1.82) is 0 Å². The summed E-state index contributed by atoms with van der Waals surface area (Å²) in [6, 6.07) is 2.75. The Kier molecular flexibility index (Phi) is 6.31. The molecule has 3 nitrogen and oxygen atoms in total. The van der Waals surface area contributed by atoms with E-state index in [0.717, 1.165) is 30.5 Å². The largest absolute Gasteiger partial charge is 0.465 e. The minimum atomic E-state index is 0.514. The minimum absolute atomic E-state index is 0.514. The third-order valence-electron chi connectivity index (χ3n) is 4.56. The zero-order chi connectivity index (χ0) is 15.2. The molecule has 120 valence electrons. The summed E-state index contributed by atoms with van der Waals surface area (Å²) in [4.78, 5) is 2.55. The predicted molar refractivity (Wildman–Crippen MR) is 88.3 cm³/mol. The highest BCUT2D eigenvalue weighted by Crippen LogP contribution is 2.24. The number of aryl methyl sites for hydroxylation is 1. The Morgan fingerprint density at radius 1 is 1.33 bits per heavy atom. The summed E-state index contributed by atoms with van der Waals surface area (Å²) in [6.07, 6.45) is 5.44. The van der Waals surface area contributed by atoms with Crippen LogP contribution in [-0.2, 0) is 13.1 Å². The Labute approximate surface area is 130 Å². The van der Waals surface area contributed by atoms with Crippen LogP contribution in [0.4, 0.5) is 0 Å². The van der Waals surface area contributed by atoms with E-state index < -0.39 is 0 Å². The van der Waals surface area contributed by atoms with Crippen molar-refractivity contribution in [3.05, 3.63) is 23.2 Å². The van der Waals surface area contributed by atoms with Gasteiger partial charge >= 0.3 is 0 Å². The van der Waals surface area contributed by atoms with Crippen molar-refractivity contribution in [2.75, 3.05) is 13.1 Å². The summed E-state index contributed by atoms with van der Waals surface area (Å²) in [6.45, 7) is 13.1. The molecule has 21 heavy (non-hydrogen) atoms. The lowest BCUT2D eigenvalue weighted by Gasteiger charge is -2.31. The van der Waals surface area contributed by atoms with Crippen LogP contribution >= 0.6 is 0 Å². The van der Waals surface area contributed by atoms with Crippen LogP contribution in [0.5, 0.6) is 0 Å². The number of furan rings is 1. The Balaban J connectivity index is 1.82. The highest BCUT2D eigenvalue weighted by Gasteiger charge is 2.19. The molecule has 0 unspecified atom stereocenters. The molecule has 2 rings (SSSR count). The van der Waals surface area contributed by atoms with Crippen molar-refractivity contribution in [3.63, 3.8) is 0 Å². The number of hydrogen-bond donors (Lipinski definition) is 1. The first-order valence-electron chi connectivity index (χ1n) is 8.62. The van der Waals surface area contributed by atoms with E-state index >= 15 is 0 Å². The average Bonchev–Trinajstić information content (AvgIpc) is 2.79. The fraction of sp³-hybridized carbons (Fsp3) is 0.778. The quantitative estimate of drug-likeness (QED) is 0.820. The van der Waals surface area contributed by atoms with E-state index in [0.29, 0.717) is 6.04 Å². The maximum absolute atomic E-state index is 5.94. The second kappa shape index (κ2) is 8.00. The number of nitrogens with one attached hydrogen (secondary N) is 1. The second-order valence-electron chi connectivity index (χ2n) is 6.84. The first kappa shape index (κ1) is 16.6. The highest BCUT2D eigenvalue weighted by atomic mass is 16.3. The van der Waals surface area contributed by atoms with Gasteiger partial charge in [-0.2, -0.15) is 0 Å². The van der Waals surface area contributed by atoms with E-state index in [-0.39, 0.29) is 0 Å². The average molecular weight is 292 g/mol. The van der Waals surface area contributed by atoms with Crippen LogP contribution in [0, 0.1) is 12.8 Å². The summed E-state index contributed by atoms with van der Waals surface area (Å²) in [5.41, 5.74) is 1.31. The summed E-state index contributed by atoms with van der Waals surface area (Å²) >= 11 is 0. The van der Waals surface area contributed by atoms with Gasteiger partial charge in [0.25, 0.3) is 0 Å². The molecule has 1 aromatic heterocycles. The topological polar surface area (TPSA) is 28.4 Å². The first-order chi connectivity index (χ1) is 10.1. The van der Waals surface area contributed by atoms with Gasteiger partial charge in [-0.1, -0.05) is 33.6 Å². The van der Waals surface area contributed by atoms with E-state index in [1.54, 1.807) is 0 Å². The van der Waals surface area contributed by atoms with Crippen molar-refractivity contribution >= 4 is 0 Å². The highest BCUT2D eigenvalue weighted by molar-refractivity contribution is 5.20. The molecule has 0 saturated carbocycles. The van der Waals surface area contributed by atoms with Crippen LogP contribution in [-0.4, -0.2) is 24.0 Å². The monoisotopic (exact) mass is 292 g/mol. The van der Waals surface area contributed by atoms with Crippen molar-refractivity contribution in [2.24, 2.45) is 5.92 Å². The molecule has 0 spiro atoms. The zero-order valence-electron chi connectivity index (χ0n) is 14.2. The molecule has 1 aliphatic rings. The molecular weight excluding hydrogens is 260 g/mol. The van der Waals surface area contributed by atoms with E-state index in [4.69, 9.17) is 4.42 Å². The van der Waals surface area contributed by atoms with E-state index in [1.165, 1.54) is 44.3 Å². The van der Waals surface area contributed by atoms with E-state index in [1.807, 2.05) is 0 Å². The third-order valence-corrected chi connectivity index (χ3v) is 4.56. The van der Waals surface area contributed by atoms with Crippen LogP contribution in [0.3, 0.4) is 0 Å². The van der Waals surface area contributed by atoms with Gasteiger partial charge in [0.2, 0.25) is 0 Å². The van der Waals surface area contributed by atoms with Crippen molar-refractivity contribution in [1.82, 2.24) is 10.2 Å². The van der Waals surface area contributed by atoms with Gasteiger partial charge in [-0.3, -0.25) is 4.90 Å². The molecule has 3 heteroatoms. The minimum Gasteiger partial charge on any atom is -0.465 e. The molecule has 1 N–H and O–H groups in total. The zero-order valence-corrected chi connectivity index (χ0v) is 14.2. The Bertz CT molecular complexity index is 417. The summed E-state index contributed by atoms with van der Waals surface area (Å²) in [7, 11) is 0. The van der Waals surface area contributed by atoms with E-state index in [2.05, 4.69) is 44.0 Å². The predicted octanol–water partition coefficient (Wildman–Crippen LogP) is 4.10. The van der Waals surface area contributed by atoms with Crippen molar-refractivity contribution < 1.29 is 4.42 Å². The molecule has 0 radical (unpaired) electrons. The van der Waals surface area contributed by atoms with Gasteiger partial charge < -0.3 is 9.73 Å². The summed E-state index contributed by atoms with van der Waals surface area (Å²) < 4.78 is 5.94. The van der Waals surface area contributed by atoms with Gasteiger partial charge in [-0.25, -0.2) is 0 Å². The van der Waals surface area contributed by atoms with Gasteiger partial charge in [0, 0.05) is 18.2 Å². The molecule has 0 aromatic carbocycles. The van der Waals surface area contributed by atoms with Gasteiger partial charge in [0.1, 0.15) is 11.5 Å². The summed E-state index contributed by atoms with van der Waals surface area (Å²) in [5, 5.41) is 3.47. The van der Waals surface area contributed by atoms with Crippen LogP contribution in [0.15, 0.2) is 10.5 Å². The molecule has 1 fully saturated rings. The lowest BCUT2D eigenvalue weighted by Crippen LogP contribution is -2.33. The number of piperidine rings is 1. The lowest BCUT2D eigenvalue weighted by atomic mass is 9.92. The SMILES string of the molecule is CCCC1CCN(Cc2cc(CNC(C)C)c(C)o2)CC1. The maximum Gasteiger partial charge on any atom is 0.118 e.